The first-order valence-corrected chi connectivity index (χ1v) is 6.75. The molecule has 4 N–H and O–H groups in total. The Morgan fingerprint density at radius 3 is 2.61 bits per heavy atom. The number of aromatic amines is 2. The van der Waals surface area contributed by atoms with Crippen LogP contribution in [-0.2, 0) is 0 Å². The van der Waals surface area contributed by atoms with Crippen molar-refractivity contribution in [2.45, 2.75) is 6.92 Å². The summed E-state index contributed by atoms with van der Waals surface area (Å²) in [4.78, 5) is 39.3. The quantitative estimate of drug-likeness (QED) is 0.644. The number of H-pyrrole nitrogens is 2. The van der Waals surface area contributed by atoms with E-state index in [4.69, 9.17) is 5.73 Å². The zero-order valence-corrected chi connectivity index (χ0v) is 12.2. The molecule has 8 heteroatoms. The maximum absolute atomic E-state index is 11.6. The smallest absolute Gasteiger partial charge is 0.327 e. The maximum Gasteiger partial charge on any atom is 0.327 e. The normalized spacial score (nSPS) is 10.7. The highest BCUT2D eigenvalue weighted by atomic mass is 16.2. The Balaban J connectivity index is 2.29. The zero-order chi connectivity index (χ0) is 16.6. The van der Waals surface area contributed by atoms with Crippen molar-refractivity contribution in [3.8, 4) is 17.1 Å². The van der Waals surface area contributed by atoms with Crippen LogP contribution in [0.1, 0.15) is 16.1 Å². The van der Waals surface area contributed by atoms with Crippen LogP contribution in [-0.4, -0.2) is 25.7 Å². The van der Waals surface area contributed by atoms with E-state index < -0.39 is 17.2 Å². The van der Waals surface area contributed by atoms with Crippen LogP contribution in [0.2, 0.25) is 0 Å². The van der Waals surface area contributed by atoms with Gasteiger partial charge in [0.2, 0.25) is 5.91 Å². The first kappa shape index (κ1) is 14.5. The van der Waals surface area contributed by atoms with Gasteiger partial charge < -0.3 is 5.73 Å². The van der Waals surface area contributed by atoms with Gasteiger partial charge in [-0.1, -0.05) is 18.2 Å². The van der Waals surface area contributed by atoms with Crippen molar-refractivity contribution in [1.29, 1.82) is 0 Å². The summed E-state index contributed by atoms with van der Waals surface area (Å²) in [6.45, 7) is 1.76. The van der Waals surface area contributed by atoms with E-state index in [0.29, 0.717) is 22.5 Å². The molecular weight excluding hydrogens is 298 g/mol. The number of nitrogens with zero attached hydrogens (tertiary/aromatic N) is 2. The van der Waals surface area contributed by atoms with Crippen LogP contribution in [0.15, 0.2) is 46.0 Å². The van der Waals surface area contributed by atoms with Crippen molar-refractivity contribution >= 4 is 5.91 Å². The molecule has 0 aliphatic rings. The largest absolute Gasteiger partial charge is 0.366 e. The molecule has 3 aromatic rings. The van der Waals surface area contributed by atoms with Gasteiger partial charge in [-0.05, 0) is 19.1 Å². The number of amides is 1. The van der Waals surface area contributed by atoms with Gasteiger partial charge in [0, 0.05) is 17.2 Å². The summed E-state index contributed by atoms with van der Waals surface area (Å²) >= 11 is 0. The van der Waals surface area contributed by atoms with Gasteiger partial charge in [0.1, 0.15) is 5.82 Å². The molecule has 8 nitrogen and oxygen atoms in total. The molecule has 0 radical (unpaired) electrons. The minimum absolute atomic E-state index is 0.195. The molecule has 0 saturated heterocycles. The van der Waals surface area contributed by atoms with E-state index in [1.807, 2.05) is 0 Å². The highest BCUT2D eigenvalue weighted by Gasteiger charge is 2.16. The van der Waals surface area contributed by atoms with Gasteiger partial charge in [0.05, 0.1) is 11.4 Å². The van der Waals surface area contributed by atoms with E-state index in [-0.39, 0.29) is 5.82 Å². The first-order chi connectivity index (χ1) is 11.0. The Labute approximate surface area is 129 Å². The second kappa shape index (κ2) is 5.41. The standard InChI is InChI=1S/C15H13N5O3/c1-8-6-11(9-4-2-3-5-10(9)14(16)22)20(19-8)12-7-13(21)18-15(23)17-12/h2-7H,1H3,(H2,16,22)(H2,17,18,21,23). The number of rotatable bonds is 3. The summed E-state index contributed by atoms with van der Waals surface area (Å²) in [6, 6.07) is 9.73. The number of aryl methyl sites for hydroxylation is 1. The molecule has 2 aromatic heterocycles. The average Bonchev–Trinajstić information content (AvgIpc) is 2.88. The van der Waals surface area contributed by atoms with Crippen molar-refractivity contribution in [1.82, 2.24) is 19.7 Å². The van der Waals surface area contributed by atoms with E-state index in [0.717, 1.165) is 0 Å². The number of carbonyl (C=O) groups excluding carboxylic acids is 1. The zero-order valence-electron chi connectivity index (χ0n) is 12.2. The second-order valence-electron chi connectivity index (χ2n) is 4.97. The lowest BCUT2D eigenvalue weighted by Crippen LogP contribution is -2.24. The predicted molar refractivity (Wildman–Crippen MR) is 83.5 cm³/mol. The van der Waals surface area contributed by atoms with Crippen molar-refractivity contribution in [2.24, 2.45) is 5.73 Å². The SMILES string of the molecule is Cc1cc(-c2ccccc2C(N)=O)n(-c2cc(=O)[nH]c(=O)[nH]2)n1. The van der Waals surface area contributed by atoms with E-state index in [2.05, 4.69) is 15.1 Å². The van der Waals surface area contributed by atoms with Gasteiger partial charge in [0.15, 0.2) is 0 Å². The number of nitrogens with two attached hydrogens (primary N) is 1. The maximum atomic E-state index is 11.6. The molecule has 0 aliphatic carbocycles. The molecule has 1 aromatic carbocycles. The van der Waals surface area contributed by atoms with Crippen LogP contribution >= 0.6 is 0 Å². The predicted octanol–water partition coefficient (Wildman–Crippen LogP) is 0.323. The molecule has 2 heterocycles. The van der Waals surface area contributed by atoms with Crippen LogP contribution < -0.4 is 17.0 Å². The third-order valence-electron chi connectivity index (χ3n) is 3.27. The number of primary amides is 1. The molecule has 0 spiro atoms. The number of carbonyl (C=O) groups is 1. The topological polar surface area (TPSA) is 127 Å². The van der Waals surface area contributed by atoms with Gasteiger partial charge in [-0.15, -0.1) is 0 Å². The molecule has 0 aliphatic heterocycles. The number of hydrogen-bond acceptors (Lipinski definition) is 4. The number of nitrogens with one attached hydrogen (secondary N) is 2. The van der Waals surface area contributed by atoms with E-state index in [1.165, 1.54) is 10.7 Å². The monoisotopic (exact) mass is 311 g/mol. The summed E-state index contributed by atoms with van der Waals surface area (Å²) < 4.78 is 1.40. The molecule has 0 atom stereocenters. The fourth-order valence-electron chi connectivity index (χ4n) is 2.37. The summed E-state index contributed by atoms with van der Waals surface area (Å²) in [5.41, 5.74) is 6.29. The summed E-state index contributed by atoms with van der Waals surface area (Å²) in [5, 5.41) is 4.28. The average molecular weight is 311 g/mol. The van der Waals surface area contributed by atoms with Gasteiger partial charge >= 0.3 is 5.69 Å². The molecule has 0 saturated carbocycles. The van der Waals surface area contributed by atoms with E-state index in [9.17, 15) is 14.4 Å². The second-order valence-corrected chi connectivity index (χ2v) is 4.97. The Morgan fingerprint density at radius 2 is 1.91 bits per heavy atom. The summed E-state index contributed by atoms with van der Waals surface area (Å²) in [6.07, 6.45) is 0. The fraction of sp³-hybridized carbons (Fsp3) is 0.0667. The van der Waals surface area contributed by atoms with Gasteiger partial charge in [-0.25, -0.2) is 9.48 Å². The lowest BCUT2D eigenvalue weighted by Gasteiger charge is -2.09. The Morgan fingerprint density at radius 1 is 1.17 bits per heavy atom. The number of benzene rings is 1. The molecule has 0 unspecified atom stereocenters. The minimum atomic E-state index is -0.644. The van der Waals surface area contributed by atoms with Crippen molar-refractivity contribution in [2.75, 3.05) is 0 Å². The van der Waals surface area contributed by atoms with Gasteiger partial charge in [-0.2, -0.15) is 5.10 Å². The fourth-order valence-corrected chi connectivity index (χ4v) is 2.37. The summed E-state index contributed by atoms with van der Waals surface area (Å²) in [5.74, 6) is -0.383. The van der Waals surface area contributed by atoms with Crippen LogP contribution in [0.3, 0.4) is 0 Å². The summed E-state index contributed by atoms with van der Waals surface area (Å²) in [7, 11) is 0. The highest BCUT2D eigenvalue weighted by Crippen LogP contribution is 2.25. The lowest BCUT2D eigenvalue weighted by molar-refractivity contribution is 0.100. The molecule has 23 heavy (non-hydrogen) atoms. The Kier molecular flexibility index (Phi) is 3.41. The lowest BCUT2D eigenvalue weighted by atomic mass is 10.0. The number of hydrogen-bond donors (Lipinski definition) is 3. The third kappa shape index (κ3) is 2.69. The van der Waals surface area contributed by atoms with Gasteiger partial charge in [-0.3, -0.25) is 19.6 Å². The van der Waals surface area contributed by atoms with Gasteiger partial charge in [0.25, 0.3) is 5.56 Å². The molecule has 0 fully saturated rings. The van der Waals surface area contributed by atoms with Crippen molar-refractivity contribution < 1.29 is 4.79 Å². The molecule has 1 amide bonds. The van der Waals surface area contributed by atoms with Crippen molar-refractivity contribution in [3.63, 3.8) is 0 Å². The van der Waals surface area contributed by atoms with Crippen molar-refractivity contribution in [3.05, 3.63) is 68.5 Å². The molecular formula is C15H13N5O3. The van der Waals surface area contributed by atoms with Crippen LogP contribution in [0.5, 0.6) is 0 Å². The molecule has 0 bridgehead atoms. The van der Waals surface area contributed by atoms with Crippen LogP contribution in [0.25, 0.3) is 17.1 Å². The first-order valence-electron chi connectivity index (χ1n) is 6.75. The molecule has 3 rings (SSSR count). The van der Waals surface area contributed by atoms with Crippen LogP contribution in [0, 0.1) is 6.92 Å². The van der Waals surface area contributed by atoms with E-state index in [1.54, 1.807) is 37.3 Å². The minimum Gasteiger partial charge on any atom is -0.366 e. The third-order valence-corrected chi connectivity index (χ3v) is 3.27. The Hall–Kier alpha value is -3.42. The van der Waals surface area contributed by atoms with Crippen LogP contribution in [0.4, 0.5) is 0 Å². The molecule has 116 valence electrons. The number of aromatic nitrogens is 4. The Bertz CT molecular complexity index is 984. The van der Waals surface area contributed by atoms with E-state index >= 15 is 0 Å². The highest BCUT2D eigenvalue weighted by molar-refractivity contribution is 5.99.